The van der Waals surface area contributed by atoms with E-state index in [0.717, 1.165) is 57.8 Å². The zero-order chi connectivity index (χ0) is 25.6. The maximum Gasteiger partial charge on any atom is 0.407 e. The van der Waals surface area contributed by atoms with Gasteiger partial charge in [-0.25, -0.2) is 19.7 Å². The quantitative estimate of drug-likeness (QED) is 0.389. The Balaban J connectivity index is 1.51. The second kappa shape index (κ2) is 9.08. The number of para-hydroxylation sites is 3. The van der Waals surface area contributed by atoms with Gasteiger partial charge >= 0.3 is 6.09 Å². The molecule has 8 nitrogen and oxygen atoms in total. The Morgan fingerprint density at radius 2 is 1.75 bits per heavy atom. The molecule has 8 heteroatoms. The molecular weight excluding hydrogens is 452 g/mol. The van der Waals surface area contributed by atoms with E-state index >= 15 is 0 Å². The maximum atomic E-state index is 11.9. The van der Waals surface area contributed by atoms with Crippen molar-refractivity contribution in [3.63, 3.8) is 0 Å². The third kappa shape index (κ3) is 4.47. The number of aryl methyl sites for hydroxylation is 2. The average molecular weight is 487 g/mol. The lowest BCUT2D eigenvalue weighted by molar-refractivity contribution is 0.0556. The van der Waals surface area contributed by atoms with Crippen LogP contribution in [0.5, 0.6) is 0 Å². The van der Waals surface area contributed by atoms with E-state index in [-0.39, 0.29) is 17.5 Å². The first-order chi connectivity index (χ1) is 17.1. The first-order valence-electron chi connectivity index (χ1n) is 12.6. The number of rotatable bonds is 4. The largest absolute Gasteiger partial charge is 0.465 e. The summed E-state index contributed by atoms with van der Waals surface area (Å²) in [4.78, 5) is 28.0. The van der Waals surface area contributed by atoms with E-state index in [0.29, 0.717) is 13.1 Å². The molecule has 2 unspecified atom stereocenters. The highest BCUT2D eigenvalue weighted by Crippen LogP contribution is 2.34. The van der Waals surface area contributed by atoms with Crippen LogP contribution >= 0.6 is 0 Å². The van der Waals surface area contributed by atoms with Crippen LogP contribution in [0.4, 0.5) is 10.7 Å². The van der Waals surface area contributed by atoms with Gasteiger partial charge in [-0.2, -0.15) is 0 Å². The van der Waals surface area contributed by atoms with Crippen molar-refractivity contribution in [1.29, 1.82) is 0 Å². The Morgan fingerprint density at radius 1 is 1.03 bits per heavy atom. The van der Waals surface area contributed by atoms with Crippen molar-refractivity contribution in [3.8, 4) is 0 Å². The van der Waals surface area contributed by atoms with Crippen LogP contribution in [0.15, 0.2) is 42.5 Å². The molecule has 188 valence electrons. The summed E-state index contributed by atoms with van der Waals surface area (Å²) in [7, 11) is 0. The Hall–Kier alpha value is -3.68. The molecule has 1 aliphatic rings. The minimum atomic E-state index is -0.844. The van der Waals surface area contributed by atoms with Crippen molar-refractivity contribution < 1.29 is 9.90 Å². The summed E-state index contributed by atoms with van der Waals surface area (Å²) >= 11 is 0. The number of benzene rings is 2. The number of hydrogen-bond donors (Lipinski definition) is 2. The minimum absolute atomic E-state index is 0.0707. The summed E-state index contributed by atoms with van der Waals surface area (Å²) in [5.41, 5.74) is 6.57. The van der Waals surface area contributed by atoms with E-state index in [1.54, 1.807) is 4.90 Å². The van der Waals surface area contributed by atoms with Gasteiger partial charge in [-0.3, -0.25) is 0 Å². The number of piperidine rings is 1. The minimum Gasteiger partial charge on any atom is -0.465 e. The Morgan fingerprint density at radius 3 is 2.50 bits per heavy atom. The van der Waals surface area contributed by atoms with E-state index in [4.69, 9.17) is 15.0 Å². The third-order valence-electron chi connectivity index (χ3n) is 7.35. The molecule has 2 aromatic carbocycles. The van der Waals surface area contributed by atoms with Crippen molar-refractivity contribution in [2.45, 2.75) is 66.1 Å². The molecule has 3 heterocycles. The summed E-state index contributed by atoms with van der Waals surface area (Å²) in [5, 5.41) is 13.4. The van der Waals surface area contributed by atoms with Crippen LogP contribution in [0.3, 0.4) is 0 Å². The van der Waals surface area contributed by atoms with Crippen LogP contribution in [0.1, 0.15) is 50.6 Å². The van der Waals surface area contributed by atoms with Gasteiger partial charge in [-0.1, -0.05) is 45.0 Å². The number of amides is 1. The maximum absolute atomic E-state index is 11.9. The van der Waals surface area contributed by atoms with E-state index < -0.39 is 6.09 Å². The fourth-order valence-electron chi connectivity index (χ4n) is 5.28. The zero-order valence-electron chi connectivity index (χ0n) is 21.6. The topological polar surface area (TPSA) is 96.2 Å². The van der Waals surface area contributed by atoms with Crippen LogP contribution in [0.2, 0.25) is 0 Å². The number of anilines is 1. The second-order valence-electron chi connectivity index (χ2n) is 10.9. The predicted octanol–water partition coefficient (Wildman–Crippen LogP) is 5.61. The lowest BCUT2D eigenvalue weighted by Crippen LogP contribution is -2.54. The first kappa shape index (κ1) is 24.0. The molecule has 0 spiro atoms. The highest BCUT2D eigenvalue weighted by atomic mass is 16.4. The summed E-state index contributed by atoms with van der Waals surface area (Å²) in [6.07, 6.45) is 0.626. The Kier molecular flexibility index (Phi) is 6.06. The molecule has 2 N–H and O–H groups in total. The molecule has 4 aromatic rings. The lowest BCUT2D eigenvalue weighted by atomic mass is 9.79. The fraction of sp³-hybridized carbons (Fsp3) is 0.429. The molecule has 36 heavy (non-hydrogen) atoms. The molecule has 0 aliphatic carbocycles. The predicted molar refractivity (Wildman–Crippen MR) is 142 cm³/mol. The van der Waals surface area contributed by atoms with Gasteiger partial charge in [0.25, 0.3) is 0 Å². The summed E-state index contributed by atoms with van der Waals surface area (Å²) in [6, 6.07) is 14.3. The Bertz CT molecular complexity index is 1440. The van der Waals surface area contributed by atoms with Crippen LogP contribution < -0.4 is 5.32 Å². The molecule has 0 bridgehead atoms. The number of carbonyl (C=O) groups is 1. The van der Waals surface area contributed by atoms with Crippen molar-refractivity contribution in [1.82, 2.24) is 24.4 Å². The zero-order valence-corrected chi connectivity index (χ0v) is 21.6. The number of imidazole rings is 1. The monoisotopic (exact) mass is 486 g/mol. The Labute approximate surface area is 211 Å². The number of nitrogens with zero attached hydrogens (tertiary/aromatic N) is 5. The summed E-state index contributed by atoms with van der Waals surface area (Å²) in [5.74, 6) is 0.798. The normalized spacial score (nSPS) is 18.6. The van der Waals surface area contributed by atoms with Gasteiger partial charge in [-0.05, 0) is 55.9 Å². The van der Waals surface area contributed by atoms with Gasteiger partial charge in [0.05, 0.1) is 40.0 Å². The van der Waals surface area contributed by atoms with Crippen molar-refractivity contribution in [2.24, 2.45) is 5.41 Å². The number of carboxylic acid groups (broad SMARTS) is 1. The number of nitrogens with one attached hydrogen (secondary N) is 1. The molecule has 0 radical (unpaired) electrons. The van der Waals surface area contributed by atoms with E-state index in [2.05, 4.69) is 42.8 Å². The van der Waals surface area contributed by atoms with Gasteiger partial charge < -0.3 is 19.9 Å². The number of likely N-dealkylation sites (tertiary alicyclic amines) is 1. The van der Waals surface area contributed by atoms with Crippen molar-refractivity contribution in [3.05, 3.63) is 59.4 Å². The van der Waals surface area contributed by atoms with Gasteiger partial charge in [0.15, 0.2) is 0 Å². The third-order valence-corrected chi connectivity index (χ3v) is 7.35. The van der Waals surface area contributed by atoms with Gasteiger partial charge in [0.2, 0.25) is 5.95 Å². The van der Waals surface area contributed by atoms with Crippen LogP contribution in [0, 0.1) is 19.3 Å². The number of hydrogen-bond acceptors (Lipinski definition) is 5. The molecule has 2 atom stereocenters. The van der Waals surface area contributed by atoms with Gasteiger partial charge in [0, 0.05) is 18.6 Å². The molecule has 5 rings (SSSR count). The van der Waals surface area contributed by atoms with E-state index in [1.807, 2.05) is 44.2 Å². The molecule has 0 saturated carbocycles. The number of fused-ring (bicyclic) bond motifs is 2. The highest BCUT2D eigenvalue weighted by Gasteiger charge is 2.39. The SMILES string of the molecule is Cc1nc2cccc(Cn3c(NC4CCN(C(=O)O)C(C(C)(C)C)C4)nc4ccccc43)c2nc1C. The smallest absolute Gasteiger partial charge is 0.407 e. The van der Waals surface area contributed by atoms with Crippen LogP contribution in [0.25, 0.3) is 22.1 Å². The number of aromatic nitrogens is 4. The first-order valence-corrected chi connectivity index (χ1v) is 12.6. The lowest BCUT2D eigenvalue weighted by Gasteiger charge is -2.44. The molecular formula is C28H34N6O2. The molecule has 2 aromatic heterocycles. The van der Waals surface area contributed by atoms with Crippen LogP contribution in [-0.4, -0.2) is 54.2 Å². The standard InChI is InChI=1S/C28H34N6O2/c1-17-18(2)30-25-19(9-8-11-22(25)29-17)16-34-23-12-7-6-10-21(23)32-26(34)31-20-13-14-33(27(35)36)24(15-20)28(3,4)5/h6-12,20,24H,13-16H2,1-5H3,(H,31,32)(H,35,36). The van der Waals surface area contributed by atoms with Gasteiger partial charge in [0.1, 0.15) is 0 Å². The van der Waals surface area contributed by atoms with E-state index in [1.165, 1.54) is 0 Å². The van der Waals surface area contributed by atoms with Gasteiger partial charge in [-0.15, -0.1) is 0 Å². The molecule has 1 aliphatic heterocycles. The average Bonchev–Trinajstić information content (AvgIpc) is 3.16. The molecule has 1 fully saturated rings. The highest BCUT2D eigenvalue weighted by molar-refractivity contribution is 5.81. The fourth-order valence-corrected chi connectivity index (χ4v) is 5.28. The molecule has 1 saturated heterocycles. The summed E-state index contributed by atoms with van der Waals surface area (Å²) in [6.45, 7) is 11.4. The molecule has 1 amide bonds. The summed E-state index contributed by atoms with van der Waals surface area (Å²) < 4.78 is 2.21. The van der Waals surface area contributed by atoms with Crippen molar-refractivity contribution >= 4 is 34.1 Å². The second-order valence-corrected chi connectivity index (χ2v) is 10.9. The van der Waals surface area contributed by atoms with Crippen LogP contribution in [-0.2, 0) is 6.54 Å². The van der Waals surface area contributed by atoms with E-state index in [9.17, 15) is 9.90 Å². The van der Waals surface area contributed by atoms with Crippen molar-refractivity contribution in [2.75, 3.05) is 11.9 Å².